The Bertz CT molecular complexity index is 589. The molecule has 0 spiro atoms. The van der Waals surface area contributed by atoms with Gasteiger partial charge >= 0.3 is 0 Å². The smallest absolute Gasteiger partial charge is 0.131 e. The maximum Gasteiger partial charge on any atom is 0.131 e. The largest absolute Gasteiger partial charge is 0.310 e. The number of fused-ring (bicyclic) bond motifs is 1. The highest BCUT2D eigenvalue weighted by Gasteiger charge is 2.23. The normalized spacial score (nSPS) is 17.1. The fourth-order valence-corrected chi connectivity index (χ4v) is 3.22. The Morgan fingerprint density at radius 3 is 2.55 bits per heavy atom. The van der Waals surface area contributed by atoms with E-state index in [4.69, 9.17) is 0 Å². The average molecular weight is 271 g/mol. The molecule has 0 aromatic heterocycles. The zero-order chi connectivity index (χ0) is 13.9. The van der Waals surface area contributed by atoms with Crippen LogP contribution in [0.2, 0.25) is 0 Å². The van der Waals surface area contributed by atoms with E-state index in [9.17, 15) is 4.39 Å². The third kappa shape index (κ3) is 2.57. The molecule has 2 aromatic carbocycles. The number of hydrogen-bond donors (Lipinski definition) is 1. The van der Waals surface area contributed by atoms with Gasteiger partial charge in [0.15, 0.2) is 0 Å². The molecule has 1 atom stereocenters. The first kappa shape index (κ1) is 13.6. The molecule has 1 aliphatic carbocycles. The Hall–Kier alpha value is -1.41. The van der Waals surface area contributed by atoms with Crippen molar-refractivity contribution in [1.29, 1.82) is 0 Å². The predicted octanol–water partition coefficient (Wildman–Crippen LogP) is 4.82. The first-order valence-corrected chi connectivity index (χ1v) is 7.70. The fourth-order valence-electron chi connectivity index (χ4n) is 3.22. The number of halogens is 1. The summed E-state index contributed by atoms with van der Waals surface area (Å²) in [4.78, 5) is 0. The van der Waals surface area contributed by atoms with Crippen molar-refractivity contribution < 1.29 is 4.39 Å². The van der Waals surface area contributed by atoms with Crippen LogP contribution in [0.3, 0.4) is 0 Å². The van der Waals surface area contributed by atoms with Gasteiger partial charge in [0.1, 0.15) is 5.82 Å². The van der Waals surface area contributed by atoms with Gasteiger partial charge in [-0.25, -0.2) is 4.39 Å². The standard InChI is InChI=1S/C18H22FN/c1-2-20-18(12-13-6-5-7-13)16-10-11-17(19)15-9-4-3-8-14(15)16/h3-4,8-11,13,18,20H,2,5-7,12H2,1H3. The minimum absolute atomic E-state index is 0.122. The van der Waals surface area contributed by atoms with E-state index >= 15 is 0 Å². The molecule has 106 valence electrons. The van der Waals surface area contributed by atoms with Gasteiger partial charge in [0.25, 0.3) is 0 Å². The Kier molecular flexibility index (Phi) is 4.02. The molecule has 0 amide bonds. The molecular formula is C18H22FN. The molecule has 20 heavy (non-hydrogen) atoms. The molecule has 2 aromatic rings. The molecule has 1 fully saturated rings. The van der Waals surface area contributed by atoms with Crippen LogP contribution in [-0.2, 0) is 0 Å². The highest BCUT2D eigenvalue weighted by Crippen LogP contribution is 2.37. The van der Waals surface area contributed by atoms with Crippen LogP contribution in [0.15, 0.2) is 36.4 Å². The van der Waals surface area contributed by atoms with Crippen molar-refractivity contribution in [2.24, 2.45) is 5.92 Å². The lowest BCUT2D eigenvalue weighted by atomic mass is 9.79. The van der Waals surface area contributed by atoms with E-state index in [1.54, 1.807) is 6.07 Å². The third-order valence-electron chi connectivity index (χ3n) is 4.52. The Balaban J connectivity index is 1.98. The van der Waals surface area contributed by atoms with Crippen molar-refractivity contribution in [2.75, 3.05) is 6.54 Å². The molecule has 0 heterocycles. The molecule has 1 nitrogen and oxygen atoms in total. The molecule has 0 aliphatic heterocycles. The van der Waals surface area contributed by atoms with Gasteiger partial charge in [0.05, 0.1) is 0 Å². The van der Waals surface area contributed by atoms with Gasteiger partial charge in [0.2, 0.25) is 0 Å². The second kappa shape index (κ2) is 5.92. The fraction of sp³-hybridized carbons (Fsp3) is 0.444. The molecule has 0 saturated heterocycles. The Morgan fingerprint density at radius 2 is 1.90 bits per heavy atom. The van der Waals surface area contributed by atoms with Crippen molar-refractivity contribution in [3.63, 3.8) is 0 Å². The van der Waals surface area contributed by atoms with Crippen molar-refractivity contribution in [3.05, 3.63) is 47.8 Å². The summed E-state index contributed by atoms with van der Waals surface area (Å²) in [7, 11) is 0. The lowest BCUT2D eigenvalue weighted by Gasteiger charge is -2.31. The second-order valence-electron chi connectivity index (χ2n) is 5.83. The quantitative estimate of drug-likeness (QED) is 0.822. The molecule has 1 aliphatic rings. The third-order valence-corrected chi connectivity index (χ3v) is 4.52. The molecular weight excluding hydrogens is 249 g/mol. The number of nitrogens with one attached hydrogen (secondary N) is 1. The van der Waals surface area contributed by atoms with E-state index in [1.807, 2.05) is 30.3 Å². The summed E-state index contributed by atoms with van der Waals surface area (Å²) < 4.78 is 13.9. The predicted molar refractivity (Wildman–Crippen MR) is 82.3 cm³/mol. The summed E-state index contributed by atoms with van der Waals surface area (Å²) in [5.74, 6) is 0.714. The lowest BCUT2D eigenvalue weighted by molar-refractivity contribution is 0.263. The lowest BCUT2D eigenvalue weighted by Crippen LogP contribution is -2.26. The minimum Gasteiger partial charge on any atom is -0.310 e. The maximum atomic E-state index is 13.9. The van der Waals surface area contributed by atoms with E-state index in [-0.39, 0.29) is 5.82 Å². The minimum atomic E-state index is -0.122. The van der Waals surface area contributed by atoms with E-state index in [1.165, 1.54) is 31.2 Å². The molecule has 1 saturated carbocycles. The highest BCUT2D eigenvalue weighted by molar-refractivity contribution is 5.86. The first-order chi connectivity index (χ1) is 9.79. The Labute approximate surface area is 120 Å². The van der Waals surface area contributed by atoms with E-state index < -0.39 is 0 Å². The van der Waals surface area contributed by atoms with Gasteiger partial charge < -0.3 is 5.32 Å². The van der Waals surface area contributed by atoms with Crippen LogP contribution in [0.1, 0.15) is 44.2 Å². The summed E-state index contributed by atoms with van der Waals surface area (Å²) >= 11 is 0. The summed E-state index contributed by atoms with van der Waals surface area (Å²) in [6.07, 6.45) is 5.24. The van der Waals surface area contributed by atoms with Gasteiger partial charge in [-0.1, -0.05) is 56.5 Å². The number of rotatable bonds is 5. The van der Waals surface area contributed by atoms with Crippen LogP contribution in [0.25, 0.3) is 10.8 Å². The summed E-state index contributed by atoms with van der Waals surface area (Å²) in [6.45, 7) is 3.09. The van der Waals surface area contributed by atoms with Crippen LogP contribution in [0.4, 0.5) is 4.39 Å². The van der Waals surface area contributed by atoms with Crippen LogP contribution in [0.5, 0.6) is 0 Å². The highest BCUT2D eigenvalue weighted by atomic mass is 19.1. The van der Waals surface area contributed by atoms with Crippen LogP contribution in [-0.4, -0.2) is 6.54 Å². The number of benzene rings is 2. The van der Waals surface area contributed by atoms with Crippen molar-refractivity contribution in [3.8, 4) is 0 Å². The van der Waals surface area contributed by atoms with E-state index in [0.717, 1.165) is 23.2 Å². The zero-order valence-corrected chi connectivity index (χ0v) is 12.0. The monoisotopic (exact) mass is 271 g/mol. The van der Waals surface area contributed by atoms with Crippen molar-refractivity contribution in [2.45, 2.75) is 38.6 Å². The number of hydrogen-bond acceptors (Lipinski definition) is 1. The van der Waals surface area contributed by atoms with Gasteiger partial charge in [-0.15, -0.1) is 0 Å². The molecule has 0 bridgehead atoms. The zero-order valence-electron chi connectivity index (χ0n) is 12.0. The van der Waals surface area contributed by atoms with Crippen LogP contribution >= 0.6 is 0 Å². The summed E-state index contributed by atoms with van der Waals surface area (Å²) in [5, 5.41) is 5.38. The first-order valence-electron chi connectivity index (χ1n) is 7.70. The molecule has 2 heteroatoms. The Morgan fingerprint density at radius 1 is 1.15 bits per heavy atom. The molecule has 1 N–H and O–H groups in total. The van der Waals surface area contributed by atoms with E-state index in [0.29, 0.717) is 6.04 Å². The van der Waals surface area contributed by atoms with Crippen molar-refractivity contribution >= 4 is 10.8 Å². The summed E-state index contributed by atoms with van der Waals surface area (Å²) in [5.41, 5.74) is 1.25. The molecule has 1 unspecified atom stereocenters. The SMILES string of the molecule is CCNC(CC1CCC1)c1ccc(F)c2ccccc12. The van der Waals surface area contributed by atoms with Crippen LogP contribution < -0.4 is 5.32 Å². The second-order valence-corrected chi connectivity index (χ2v) is 5.83. The average Bonchev–Trinajstić information content (AvgIpc) is 2.43. The maximum absolute atomic E-state index is 13.9. The topological polar surface area (TPSA) is 12.0 Å². The van der Waals surface area contributed by atoms with Crippen molar-refractivity contribution in [1.82, 2.24) is 5.32 Å². The van der Waals surface area contributed by atoms with Gasteiger partial charge in [-0.3, -0.25) is 0 Å². The van der Waals surface area contributed by atoms with Gasteiger partial charge in [-0.05, 0) is 35.9 Å². The molecule has 0 radical (unpaired) electrons. The van der Waals surface area contributed by atoms with Gasteiger partial charge in [0, 0.05) is 11.4 Å². The van der Waals surface area contributed by atoms with E-state index in [2.05, 4.69) is 12.2 Å². The molecule has 3 rings (SSSR count). The van der Waals surface area contributed by atoms with Crippen LogP contribution in [0, 0.1) is 11.7 Å². The van der Waals surface area contributed by atoms with Gasteiger partial charge in [-0.2, -0.15) is 0 Å². The summed E-state index contributed by atoms with van der Waals surface area (Å²) in [6, 6.07) is 11.7.